The minimum atomic E-state index is -3.89. The monoisotopic (exact) mass is 325 g/mol. The smallest absolute Gasteiger partial charge is 0.243 e. The normalized spacial score (nSPS) is 23.9. The van der Waals surface area contributed by atoms with Gasteiger partial charge < -0.3 is 0 Å². The van der Waals surface area contributed by atoms with Crippen molar-refractivity contribution >= 4 is 26.4 Å². The van der Waals surface area contributed by atoms with Crippen molar-refractivity contribution in [3.8, 4) is 0 Å². The first-order valence-electron chi connectivity index (χ1n) is 6.25. The highest BCUT2D eigenvalue weighted by Crippen LogP contribution is 2.62. The second-order valence-corrected chi connectivity index (χ2v) is 8.86. The number of benzene rings is 2. The van der Waals surface area contributed by atoms with Gasteiger partial charge in [0.1, 0.15) is 0 Å². The predicted octanol–water partition coefficient (Wildman–Crippen LogP) is 3.38. The number of rotatable bonds is 3. The third kappa shape index (κ3) is 2.65. The first kappa shape index (κ1) is 14.4. The maximum Gasteiger partial charge on any atom is 0.315 e. The summed E-state index contributed by atoms with van der Waals surface area (Å²) in [4.78, 5) is 0.843. The molecule has 0 aliphatic carbocycles. The maximum absolute atomic E-state index is 12.4. The molecule has 0 amide bonds. The number of fused-ring (bicyclic) bond motifs is 1. The quantitative estimate of drug-likeness (QED) is 0.937. The lowest BCUT2D eigenvalue weighted by molar-refractivity contribution is 0.409. The summed E-state index contributed by atoms with van der Waals surface area (Å²) < 4.78 is 35.6. The molecule has 7 heteroatoms. The molecule has 3 rings (SSSR count). The van der Waals surface area contributed by atoms with E-state index in [1.165, 1.54) is 12.1 Å². The van der Waals surface area contributed by atoms with E-state index >= 15 is 0 Å². The van der Waals surface area contributed by atoms with Crippen LogP contribution in [0.15, 0.2) is 58.3 Å². The molecule has 112 valence electrons. The van der Waals surface area contributed by atoms with Gasteiger partial charge in [0.2, 0.25) is 0 Å². The van der Waals surface area contributed by atoms with E-state index in [1.54, 1.807) is 24.5 Å². The summed E-state index contributed by atoms with van der Waals surface area (Å²) in [7, 11) is -6.27. The number of aryl methyl sites for hydroxylation is 1. The Morgan fingerprint density at radius 3 is 2.48 bits per heavy atom. The van der Waals surface area contributed by atoms with Gasteiger partial charge >= 0.3 is 10.1 Å². The van der Waals surface area contributed by atoms with E-state index in [-0.39, 0.29) is 4.90 Å². The zero-order valence-electron chi connectivity index (χ0n) is 11.6. The lowest BCUT2D eigenvalue weighted by atomic mass is 10.2. The molecule has 0 spiro atoms. The van der Waals surface area contributed by atoms with E-state index in [1.807, 2.05) is 25.1 Å². The van der Waals surface area contributed by atoms with Crippen molar-refractivity contribution in [3.05, 3.63) is 54.1 Å². The van der Waals surface area contributed by atoms with E-state index in [2.05, 4.69) is 5.48 Å². The minimum absolute atomic E-state index is 0.120. The fourth-order valence-electron chi connectivity index (χ4n) is 2.01. The fraction of sp³-hybridized carbons (Fsp3) is 0.143. The Morgan fingerprint density at radius 1 is 1.10 bits per heavy atom. The fourth-order valence-corrected chi connectivity index (χ4v) is 5.74. The van der Waals surface area contributed by atoms with Crippen LogP contribution in [0.5, 0.6) is 0 Å². The van der Waals surface area contributed by atoms with Gasteiger partial charge in [-0.15, -0.1) is 10.6 Å². The summed E-state index contributed by atoms with van der Waals surface area (Å²) >= 11 is 0. The summed E-state index contributed by atoms with van der Waals surface area (Å²) in [6, 6.07) is 13.8. The molecule has 21 heavy (non-hydrogen) atoms. The Labute approximate surface area is 125 Å². The van der Waals surface area contributed by atoms with Crippen LogP contribution in [0.25, 0.3) is 0 Å². The number of para-hydroxylation sites is 1. The molecule has 0 fully saturated rings. The maximum atomic E-state index is 12.4. The minimum Gasteiger partial charge on any atom is -0.243 e. The van der Waals surface area contributed by atoms with Gasteiger partial charge in [0.05, 0.1) is 15.5 Å². The molecule has 1 aliphatic heterocycles. The Balaban J connectivity index is 1.95. The molecule has 0 radical (unpaired) electrons. The second-order valence-electron chi connectivity index (χ2n) is 4.79. The van der Waals surface area contributed by atoms with E-state index in [4.69, 9.17) is 7.91 Å². The van der Waals surface area contributed by atoms with Crippen molar-refractivity contribution in [3.63, 3.8) is 0 Å². The number of hydrogen-bond acceptors (Lipinski definition) is 5. The van der Waals surface area contributed by atoms with E-state index in [9.17, 15) is 8.42 Å². The lowest BCUT2D eigenvalue weighted by Crippen LogP contribution is -2.12. The highest BCUT2D eigenvalue weighted by Gasteiger charge is 2.34. The van der Waals surface area contributed by atoms with Crippen LogP contribution < -0.4 is 5.48 Å². The van der Waals surface area contributed by atoms with Crippen LogP contribution in [0.2, 0.25) is 0 Å². The van der Waals surface area contributed by atoms with Crippen LogP contribution in [0, 0.1) is 6.92 Å². The SMILES string of the molecule is Cc1ccc(S(=O)(=O)OS2(C)ONc3ccccc32)cc1. The van der Waals surface area contributed by atoms with Gasteiger partial charge in [-0.1, -0.05) is 29.8 Å². The van der Waals surface area contributed by atoms with Crippen molar-refractivity contribution in [2.75, 3.05) is 11.7 Å². The molecule has 2 aromatic rings. The molecule has 1 unspecified atom stereocenters. The Hall–Kier alpha value is -1.54. The number of anilines is 1. The summed E-state index contributed by atoms with van der Waals surface area (Å²) in [5.41, 5.74) is 4.44. The lowest BCUT2D eigenvalue weighted by Gasteiger charge is -2.31. The summed E-state index contributed by atoms with van der Waals surface area (Å²) in [6.45, 7) is 1.89. The molecule has 0 saturated carbocycles. The van der Waals surface area contributed by atoms with Crippen molar-refractivity contribution in [1.82, 2.24) is 0 Å². The summed E-state index contributed by atoms with van der Waals surface area (Å²) in [6.07, 6.45) is 1.65. The molecular formula is C14H15NO4S2. The molecule has 5 nitrogen and oxygen atoms in total. The Kier molecular flexibility index (Phi) is 3.45. The second kappa shape index (κ2) is 5.03. The topological polar surface area (TPSA) is 64.6 Å². The van der Waals surface area contributed by atoms with Gasteiger partial charge in [0.25, 0.3) is 0 Å². The van der Waals surface area contributed by atoms with Crippen molar-refractivity contribution < 1.29 is 16.3 Å². The van der Waals surface area contributed by atoms with Gasteiger partial charge in [-0.2, -0.15) is 16.3 Å². The van der Waals surface area contributed by atoms with Gasteiger partial charge in [0.15, 0.2) is 0 Å². The summed E-state index contributed by atoms with van der Waals surface area (Å²) in [5, 5.41) is 0. The third-order valence-corrected chi connectivity index (χ3v) is 7.29. The van der Waals surface area contributed by atoms with Crippen LogP contribution in [0.1, 0.15) is 5.56 Å². The molecule has 1 atom stereocenters. The van der Waals surface area contributed by atoms with Gasteiger partial charge in [0, 0.05) is 6.26 Å². The first-order chi connectivity index (χ1) is 9.91. The average Bonchev–Trinajstić information content (AvgIpc) is 2.77. The van der Waals surface area contributed by atoms with Gasteiger partial charge in [-0.05, 0) is 31.2 Å². The van der Waals surface area contributed by atoms with Crippen molar-refractivity contribution in [2.45, 2.75) is 16.7 Å². The highest BCUT2D eigenvalue weighted by molar-refractivity contribution is 8.29. The Morgan fingerprint density at radius 2 is 1.76 bits per heavy atom. The molecule has 0 aromatic heterocycles. The largest absolute Gasteiger partial charge is 0.315 e. The highest BCUT2D eigenvalue weighted by atomic mass is 32.3. The molecule has 1 aliphatic rings. The average molecular weight is 325 g/mol. The van der Waals surface area contributed by atoms with Gasteiger partial charge in [-0.25, -0.2) is 5.48 Å². The number of hydrogen-bond donors (Lipinski definition) is 1. The zero-order chi connectivity index (χ0) is 15.1. The van der Waals surface area contributed by atoms with E-state index < -0.39 is 20.7 Å². The van der Waals surface area contributed by atoms with Crippen LogP contribution in [-0.4, -0.2) is 14.7 Å². The van der Waals surface area contributed by atoms with Crippen molar-refractivity contribution in [2.24, 2.45) is 0 Å². The molecule has 1 heterocycles. The van der Waals surface area contributed by atoms with Crippen LogP contribution in [-0.2, 0) is 18.0 Å². The number of nitrogens with one attached hydrogen (secondary N) is 1. The molecule has 2 aromatic carbocycles. The van der Waals surface area contributed by atoms with E-state index in [0.29, 0.717) is 0 Å². The zero-order valence-corrected chi connectivity index (χ0v) is 13.2. The van der Waals surface area contributed by atoms with Gasteiger partial charge in [-0.3, -0.25) is 0 Å². The van der Waals surface area contributed by atoms with Crippen LogP contribution >= 0.6 is 10.6 Å². The van der Waals surface area contributed by atoms with Crippen LogP contribution in [0.4, 0.5) is 5.69 Å². The molecular weight excluding hydrogens is 310 g/mol. The molecule has 1 N–H and O–H groups in total. The standard InChI is InChI=1S/C14H15NO4S2/c1-11-7-9-12(10-8-11)21(16,17)19-20(2)14-6-4-3-5-13(14)15-18-20/h3-10,15H,1-2H3. The first-order valence-corrected chi connectivity index (χ1v) is 9.55. The Bertz CT molecular complexity index is 774. The van der Waals surface area contributed by atoms with Crippen molar-refractivity contribution in [1.29, 1.82) is 0 Å². The third-order valence-electron chi connectivity index (χ3n) is 3.13. The van der Waals surface area contributed by atoms with Crippen LogP contribution in [0.3, 0.4) is 0 Å². The predicted molar refractivity (Wildman–Crippen MR) is 82.4 cm³/mol. The molecule has 0 bridgehead atoms. The van der Waals surface area contributed by atoms with E-state index in [0.717, 1.165) is 16.1 Å². The molecule has 0 saturated heterocycles. The summed E-state index contributed by atoms with van der Waals surface area (Å²) in [5.74, 6) is 0.